The highest BCUT2D eigenvalue weighted by atomic mass is 16.3. The minimum atomic E-state index is -0.875. The fourth-order valence-electron chi connectivity index (χ4n) is 2.25. The molecule has 0 aliphatic carbocycles. The molecule has 0 saturated carbocycles. The molecular formula is C15H18N2O3. The van der Waals surface area contributed by atoms with E-state index in [4.69, 9.17) is 5.73 Å². The summed E-state index contributed by atoms with van der Waals surface area (Å²) in [7, 11) is 0. The molecule has 0 aromatic heterocycles. The van der Waals surface area contributed by atoms with Crippen LogP contribution < -0.4 is 5.73 Å². The Morgan fingerprint density at radius 3 is 2.60 bits per heavy atom. The van der Waals surface area contributed by atoms with Gasteiger partial charge in [-0.25, -0.2) is 0 Å². The van der Waals surface area contributed by atoms with E-state index in [1.54, 1.807) is 12.1 Å². The molecule has 0 bridgehead atoms. The molecule has 1 aliphatic heterocycles. The lowest BCUT2D eigenvalue weighted by Crippen LogP contribution is -2.29. The third-order valence-corrected chi connectivity index (χ3v) is 3.21. The minimum Gasteiger partial charge on any atom is -0.388 e. The summed E-state index contributed by atoms with van der Waals surface area (Å²) in [5.41, 5.74) is 7.51. The number of carbonyl (C=O) groups excluding carboxylic acids is 1. The molecule has 2 unspecified atom stereocenters. The van der Waals surface area contributed by atoms with E-state index < -0.39 is 12.2 Å². The van der Waals surface area contributed by atoms with Gasteiger partial charge in [-0.15, -0.1) is 0 Å². The predicted octanol–water partition coefficient (Wildman–Crippen LogP) is -0.517. The molecule has 1 amide bonds. The first-order chi connectivity index (χ1) is 9.51. The van der Waals surface area contributed by atoms with Gasteiger partial charge in [0.25, 0.3) is 5.91 Å². The van der Waals surface area contributed by atoms with Gasteiger partial charge in [-0.1, -0.05) is 11.8 Å². The molecule has 4 N–H and O–H groups in total. The van der Waals surface area contributed by atoms with Crippen molar-refractivity contribution >= 4 is 5.91 Å². The number of β-amino-alcohol motifs (C(OH)–C–C–N with tert-alkyl or cyclic N) is 2. The maximum atomic E-state index is 12.3. The van der Waals surface area contributed by atoms with E-state index in [0.29, 0.717) is 5.56 Å². The van der Waals surface area contributed by atoms with E-state index in [1.807, 2.05) is 13.0 Å². The lowest BCUT2D eigenvalue weighted by Gasteiger charge is -2.16. The number of nitrogens with zero attached hydrogens (tertiary/aromatic N) is 1. The first kappa shape index (κ1) is 14.5. The van der Waals surface area contributed by atoms with Gasteiger partial charge < -0.3 is 20.8 Å². The van der Waals surface area contributed by atoms with E-state index >= 15 is 0 Å². The summed E-state index contributed by atoms with van der Waals surface area (Å²) in [6, 6.07) is 5.36. The summed E-state index contributed by atoms with van der Waals surface area (Å²) in [6.45, 7) is 2.45. The second-order valence-electron chi connectivity index (χ2n) is 4.94. The van der Waals surface area contributed by atoms with Crippen molar-refractivity contribution in [1.82, 2.24) is 4.90 Å². The van der Waals surface area contributed by atoms with Crippen molar-refractivity contribution in [3.05, 3.63) is 34.9 Å². The zero-order valence-corrected chi connectivity index (χ0v) is 11.3. The number of carbonyl (C=O) groups is 1. The van der Waals surface area contributed by atoms with Gasteiger partial charge in [0.15, 0.2) is 0 Å². The number of amides is 1. The lowest BCUT2D eigenvalue weighted by atomic mass is 10.1. The second-order valence-corrected chi connectivity index (χ2v) is 4.94. The highest BCUT2D eigenvalue weighted by Gasteiger charge is 2.32. The fourth-order valence-corrected chi connectivity index (χ4v) is 2.25. The summed E-state index contributed by atoms with van der Waals surface area (Å²) >= 11 is 0. The highest BCUT2D eigenvalue weighted by Crippen LogP contribution is 2.16. The van der Waals surface area contributed by atoms with Crippen LogP contribution in [-0.4, -0.2) is 52.9 Å². The third kappa shape index (κ3) is 3.17. The number of hydrogen-bond donors (Lipinski definition) is 3. The molecule has 1 aromatic rings. The topological polar surface area (TPSA) is 86.8 Å². The van der Waals surface area contributed by atoms with Crippen molar-refractivity contribution < 1.29 is 15.0 Å². The number of aliphatic hydroxyl groups is 2. The van der Waals surface area contributed by atoms with Gasteiger partial charge in [-0.3, -0.25) is 4.79 Å². The fraction of sp³-hybridized carbons (Fsp3) is 0.400. The average molecular weight is 274 g/mol. The molecule has 1 aromatic carbocycles. The highest BCUT2D eigenvalue weighted by molar-refractivity contribution is 5.95. The molecule has 2 atom stereocenters. The van der Waals surface area contributed by atoms with Gasteiger partial charge >= 0.3 is 0 Å². The Morgan fingerprint density at radius 2 is 2.00 bits per heavy atom. The molecule has 0 radical (unpaired) electrons. The summed E-state index contributed by atoms with van der Waals surface area (Å²) in [5.74, 6) is 5.45. The lowest BCUT2D eigenvalue weighted by molar-refractivity contribution is 0.0572. The van der Waals surface area contributed by atoms with Gasteiger partial charge in [0.1, 0.15) is 0 Å². The molecule has 5 nitrogen and oxygen atoms in total. The maximum absolute atomic E-state index is 12.3. The first-order valence-electron chi connectivity index (χ1n) is 6.47. The predicted molar refractivity (Wildman–Crippen MR) is 75.0 cm³/mol. The smallest absolute Gasteiger partial charge is 0.254 e. The number of aryl methyl sites for hydroxylation is 1. The van der Waals surface area contributed by atoms with Crippen molar-refractivity contribution in [1.29, 1.82) is 0 Å². The summed E-state index contributed by atoms with van der Waals surface area (Å²) in [5, 5.41) is 19.0. The Bertz CT molecular complexity index is 564. The van der Waals surface area contributed by atoms with Crippen LogP contribution in [0.2, 0.25) is 0 Å². The molecule has 2 rings (SSSR count). The maximum Gasteiger partial charge on any atom is 0.254 e. The number of likely N-dealkylation sites (tertiary alicyclic amines) is 1. The van der Waals surface area contributed by atoms with Crippen molar-refractivity contribution in [3.63, 3.8) is 0 Å². The first-order valence-corrected chi connectivity index (χ1v) is 6.47. The van der Waals surface area contributed by atoms with Crippen LogP contribution in [0.1, 0.15) is 21.5 Å². The van der Waals surface area contributed by atoms with E-state index in [-0.39, 0.29) is 25.5 Å². The molecule has 1 fully saturated rings. The van der Waals surface area contributed by atoms with Crippen molar-refractivity contribution in [2.45, 2.75) is 19.1 Å². The summed E-state index contributed by atoms with van der Waals surface area (Å²) in [4.78, 5) is 13.8. The zero-order chi connectivity index (χ0) is 14.7. The summed E-state index contributed by atoms with van der Waals surface area (Å²) < 4.78 is 0. The van der Waals surface area contributed by atoms with Crippen molar-refractivity contribution in [2.24, 2.45) is 5.73 Å². The van der Waals surface area contributed by atoms with E-state index in [2.05, 4.69) is 11.8 Å². The molecular weight excluding hydrogens is 256 g/mol. The van der Waals surface area contributed by atoms with Gasteiger partial charge in [0.2, 0.25) is 0 Å². The Kier molecular flexibility index (Phi) is 4.40. The Morgan fingerprint density at radius 1 is 1.35 bits per heavy atom. The van der Waals surface area contributed by atoms with Crippen LogP contribution >= 0.6 is 0 Å². The molecule has 1 aliphatic rings. The van der Waals surface area contributed by atoms with Crippen LogP contribution in [-0.2, 0) is 0 Å². The third-order valence-electron chi connectivity index (χ3n) is 3.21. The molecule has 0 spiro atoms. The average Bonchev–Trinajstić information content (AvgIpc) is 2.75. The van der Waals surface area contributed by atoms with Crippen LogP contribution in [0.5, 0.6) is 0 Å². The van der Waals surface area contributed by atoms with Gasteiger partial charge in [0.05, 0.1) is 18.8 Å². The van der Waals surface area contributed by atoms with Crippen LogP contribution in [0.3, 0.4) is 0 Å². The molecule has 1 saturated heterocycles. The largest absolute Gasteiger partial charge is 0.388 e. The Balaban J connectivity index is 2.24. The minimum absolute atomic E-state index is 0.151. The van der Waals surface area contributed by atoms with Gasteiger partial charge in [-0.05, 0) is 30.7 Å². The molecule has 20 heavy (non-hydrogen) atoms. The van der Waals surface area contributed by atoms with Crippen LogP contribution in [0.25, 0.3) is 0 Å². The number of aliphatic hydroxyl groups excluding tert-OH is 2. The van der Waals surface area contributed by atoms with Gasteiger partial charge in [0, 0.05) is 24.2 Å². The SMILES string of the molecule is Cc1cc(C#CCN)cc(C(=O)N2CC(O)C(O)C2)c1. The molecule has 5 heteroatoms. The quantitative estimate of drug-likeness (QED) is 0.602. The summed E-state index contributed by atoms with van der Waals surface area (Å²) in [6.07, 6.45) is -1.75. The second kappa shape index (κ2) is 6.06. The number of nitrogens with two attached hydrogens (primary N) is 1. The van der Waals surface area contributed by atoms with Crippen molar-refractivity contribution in [2.75, 3.05) is 19.6 Å². The Hall–Kier alpha value is -1.87. The number of hydrogen-bond acceptors (Lipinski definition) is 4. The van der Waals surface area contributed by atoms with E-state index in [0.717, 1.165) is 11.1 Å². The molecule has 106 valence electrons. The molecule has 1 heterocycles. The van der Waals surface area contributed by atoms with Crippen molar-refractivity contribution in [3.8, 4) is 11.8 Å². The number of rotatable bonds is 1. The van der Waals surface area contributed by atoms with Gasteiger partial charge in [-0.2, -0.15) is 0 Å². The van der Waals surface area contributed by atoms with Crippen LogP contribution in [0, 0.1) is 18.8 Å². The monoisotopic (exact) mass is 274 g/mol. The van der Waals surface area contributed by atoms with E-state index in [9.17, 15) is 15.0 Å². The van der Waals surface area contributed by atoms with Crippen LogP contribution in [0.4, 0.5) is 0 Å². The normalized spacial score (nSPS) is 21.5. The standard InChI is InChI=1S/C15H18N2O3/c1-10-5-11(3-2-4-16)7-12(6-10)15(20)17-8-13(18)14(19)9-17/h5-7,13-14,18-19H,4,8-9,16H2,1H3. The zero-order valence-electron chi connectivity index (χ0n) is 11.3. The van der Waals surface area contributed by atoms with Crippen LogP contribution in [0.15, 0.2) is 18.2 Å². The van der Waals surface area contributed by atoms with E-state index in [1.165, 1.54) is 4.90 Å². The number of benzene rings is 1. The Labute approximate surface area is 118 Å².